The van der Waals surface area contributed by atoms with E-state index in [0.717, 1.165) is 27.6 Å². The molecule has 0 atom stereocenters. The fraction of sp³-hybridized carbons (Fsp3) is 0.0714. The van der Waals surface area contributed by atoms with Gasteiger partial charge in [-0.3, -0.25) is 4.57 Å². The molecule has 0 fully saturated rings. The molecule has 0 spiro atoms. The molecule has 102 valence electrons. The summed E-state index contributed by atoms with van der Waals surface area (Å²) in [5.74, 6) is 0. The minimum Gasteiger partial charge on any atom is -0.299 e. The molecule has 1 heterocycles. The first-order valence-electron chi connectivity index (χ1n) is 5.75. The number of aromatic nitrogens is 2. The zero-order valence-corrected chi connectivity index (χ0v) is 11.6. The normalized spacial score (nSPS) is 12.0. The third kappa shape index (κ3) is 2.31. The zero-order valence-electron chi connectivity index (χ0n) is 10.0. The largest absolute Gasteiger partial charge is 0.416 e. The summed E-state index contributed by atoms with van der Waals surface area (Å²) >= 11 is 3.37. The van der Waals surface area contributed by atoms with Crippen LogP contribution in [0.15, 0.2) is 53.3 Å². The molecule has 6 heteroatoms. The molecule has 0 bridgehead atoms. The minimum atomic E-state index is -4.32. The Morgan fingerprint density at radius 1 is 1.00 bits per heavy atom. The van der Waals surface area contributed by atoms with Gasteiger partial charge in [0.25, 0.3) is 0 Å². The van der Waals surface area contributed by atoms with Gasteiger partial charge in [0.15, 0.2) is 0 Å². The molecule has 0 radical (unpaired) electrons. The summed E-state index contributed by atoms with van der Waals surface area (Å²) in [7, 11) is 0. The number of imidazole rings is 1. The van der Waals surface area contributed by atoms with Crippen LogP contribution in [0.2, 0.25) is 0 Å². The van der Waals surface area contributed by atoms with Gasteiger partial charge < -0.3 is 0 Å². The molecular weight excluding hydrogens is 333 g/mol. The van der Waals surface area contributed by atoms with Gasteiger partial charge >= 0.3 is 6.18 Å². The summed E-state index contributed by atoms with van der Waals surface area (Å²) in [6, 6.07) is 10.6. The Morgan fingerprint density at radius 2 is 1.70 bits per heavy atom. The van der Waals surface area contributed by atoms with Crippen LogP contribution in [0, 0.1) is 0 Å². The molecule has 0 aliphatic carbocycles. The summed E-state index contributed by atoms with van der Waals surface area (Å²) < 4.78 is 40.3. The summed E-state index contributed by atoms with van der Waals surface area (Å²) in [4.78, 5) is 4.23. The number of alkyl halides is 3. The van der Waals surface area contributed by atoms with Crippen LogP contribution < -0.4 is 0 Å². The van der Waals surface area contributed by atoms with Crippen LogP contribution in [0.4, 0.5) is 13.2 Å². The summed E-state index contributed by atoms with van der Waals surface area (Å²) in [5, 5.41) is 0. The second kappa shape index (κ2) is 4.63. The highest BCUT2D eigenvalue weighted by Gasteiger charge is 2.30. The zero-order chi connectivity index (χ0) is 14.3. The summed E-state index contributed by atoms with van der Waals surface area (Å²) in [5.41, 5.74) is 1.60. The molecule has 0 aliphatic rings. The van der Waals surface area contributed by atoms with E-state index in [4.69, 9.17) is 0 Å². The van der Waals surface area contributed by atoms with Gasteiger partial charge in [0, 0.05) is 10.2 Å². The Balaban J connectivity index is 2.09. The van der Waals surface area contributed by atoms with E-state index in [0.29, 0.717) is 5.69 Å². The number of hydrogen-bond donors (Lipinski definition) is 0. The Morgan fingerprint density at radius 3 is 2.35 bits per heavy atom. The van der Waals surface area contributed by atoms with Crippen molar-refractivity contribution in [1.29, 1.82) is 0 Å². The molecule has 0 saturated heterocycles. The van der Waals surface area contributed by atoms with Crippen molar-refractivity contribution in [3.63, 3.8) is 0 Å². The van der Waals surface area contributed by atoms with Gasteiger partial charge in [0.1, 0.15) is 6.33 Å². The maximum absolute atomic E-state index is 12.5. The predicted octanol–water partition coefficient (Wildman–Crippen LogP) is 4.81. The van der Waals surface area contributed by atoms with Crippen LogP contribution in [-0.4, -0.2) is 9.55 Å². The Bertz CT molecular complexity index is 760. The number of halogens is 4. The van der Waals surface area contributed by atoms with E-state index in [1.807, 2.05) is 18.2 Å². The van der Waals surface area contributed by atoms with E-state index in [-0.39, 0.29) is 0 Å². The van der Waals surface area contributed by atoms with Gasteiger partial charge in [-0.15, -0.1) is 0 Å². The van der Waals surface area contributed by atoms with Crippen molar-refractivity contribution in [2.45, 2.75) is 6.18 Å². The lowest BCUT2D eigenvalue weighted by atomic mass is 10.2. The van der Waals surface area contributed by atoms with Gasteiger partial charge in [0.05, 0.1) is 16.6 Å². The van der Waals surface area contributed by atoms with Crippen LogP contribution in [-0.2, 0) is 6.18 Å². The fourth-order valence-electron chi connectivity index (χ4n) is 2.00. The molecule has 2 aromatic carbocycles. The van der Waals surface area contributed by atoms with E-state index in [9.17, 15) is 13.2 Å². The lowest BCUT2D eigenvalue weighted by Gasteiger charge is -2.08. The Labute approximate surface area is 121 Å². The van der Waals surface area contributed by atoms with Crippen molar-refractivity contribution in [3.05, 3.63) is 58.8 Å². The number of rotatable bonds is 1. The maximum Gasteiger partial charge on any atom is 0.416 e. The number of benzene rings is 2. The molecule has 0 aliphatic heterocycles. The number of nitrogens with zero attached hydrogens (tertiary/aromatic N) is 2. The standard InChI is InChI=1S/C14H8BrF3N2/c15-10-3-6-12-13(7-10)20(8-19-12)11-4-1-9(2-5-11)14(16,17)18/h1-8H. The SMILES string of the molecule is FC(F)(F)c1ccc(-n2cnc3ccc(Br)cc32)cc1. The van der Waals surface area contributed by atoms with Gasteiger partial charge in [0.2, 0.25) is 0 Å². The highest BCUT2D eigenvalue weighted by molar-refractivity contribution is 9.10. The third-order valence-electron chi connectivity index (χ3n) is 2.98. The number of fused-ring (bicyclic) bond motifs is 1. The molecule has 2 nitrogen and oxygen atoms in total. The number of hydrogen-bond acceptors (Lipinski definition) is 1. The lowest BCUT2D eigenvalue weighted by Crippen LogP contribution is -2.04. The van der Waals surface area contributed by atoms with Gasteiger partial charge in [-0.1, -0.05) is 15.9 Å². The molecular formula is C14H8BrF3N2. The van der Waals surface area contributed by atoms with Gasteiger partial charge in [-0.25, -0.2) is 4.98 Å². The van der Waals surface area contributed by atoms with E-state index >= 15 is 0 Å². The minimum absolute atomic E-state index is 0.638. The van der Waals surface area contributed by atoms with Crippen LogP contribution in [0.25, 0.3) is 16.7 Å². The van der Waals surface area contributed by atoms with Crippen molar-refractivity contribution in [2.24, 2.45) is 0 Å². The highest BCUT2D eigenvalue weighted by Crippen LogP contribution is 2.30. The fourth-order valence-corrected chi connectivity index (χ4v) is 2.35. The first-order valence-corrected chi connectivity index (χ1v) is 6.55. The second-order valence-electron chi connectivity index (χ2n) is 4.29. The smallest absolute Gasteiger partial charge is 0.299 e. The highest BCUT2D eigenvalue weighted by atomic mass is 79.9. The van der Waals surface area contributed by atoms with E-state index in [1.54, 1.807) is 10.9 Å². The van der Waals surface area contributed by atoms with Gasteiger partial charge in [-0.2, -0.15) is 13.2 Å². The van der Waals surface area contributed by atoms with Crippen molar-refractivity contribution in [3.8, 4) is 5.69 Å². The quantitative estimate of drug-likeness (QED) is 0.621. The molecule has 0 unspecified atom stereocenters. The van der Waals surface area contributed by atoms with Crippen molar-refractivity contribution in [1.82, 2.24) is 9.55 Å². The average molecular weight is 341 g/mol. The molecule has 3 rings (SSSR count). The van der Waals surface area contributed by atoms with Crippen molar-refractivity contribution in [2.75, 3.05) is 0 Å². The molecule has 20 heavy (non-hydrogen) atoms. The Hall–Kier alpha value is -1.82. The van der Waals surface area contributed by atoms with Crippen molar-refractivity contribution >= 4 is 27.0 Å². The van der Waals surface area contributed by atoms with Crippen LogP contribution >= 0.6 is 15.9 Å². The average Bonchev–Trinajstić information content (AvgIpc) is 2.81. The topological polar surface area (TPSA) is 17.8 Å². The predicted molar refractivity (Wildman–Crippen MR) is 73.8 cm³/mol. The lowest BCUT2D eigenvalue weighted by molar-refractivity contribution is -0.137. The molecule has 0 amide bonds. The maximum atomic E-state index is 12.5. The first kappa shape index (κ1) is 13.2. The Kier molecular flexibility index (Phi) is 3.05. The molecule has 0 saturated carbocycles. The first-order chi connectivity index (χ1) is 9.45. The molecule has 1 aromatic heterocycles. The van der Waals surface area contributed by atoms with Crippen LogP contribution in [0.3, 0.4) is 0 Å². The molecule has 3 aromatic rings. The van der Waals surface area contributed by atoms with E-state index in [1.165, 1.54) is 12.1 Å². The van der Waals surface area contributed by atoms with E-state index in [2.05, 4.69) is 20.9 Å². The molecule has 0 N–H and O–H groups in total. The summed E-state index contributed by atoms with van der Waals surface area (Å²) in [6.07, 6.45) is -2.72. The monoisotopic (exact) mass is 340 g/mol. The van der Waals surface area contributed by atoms with Gasteiger partial charge in [-0.05, 0) is 42.5 Å². The third-order valence-corrected chi connectivity index (χ3v) is 3.48. The summed E-state index contributed by atoms with van der Waals surface area (Å²) in [6.45, 7) is 0. The van der Waals surface area contributed by atoms with Crippen molar-refractivity contribution < 1.29 is 13.2 Å². The van der Waals surface area contributed by atoms with Crippen LogP contribution in [0.1, 0.15) is 5.56 Å². The second-order valence-corrected chi connectivity index (χ2v) is 5.21. The van der Waals surface area contributed by atoms with E-state index < -0.39 is 11.7 Å². The van der Waals surface area contributed by atoms with Crippen LogP contribution in [0.5, 0.6) is 0 Å².